The van der Waals surface area contributed by atoms with Crippen LogP contribution < -0.4 is 5.32 Å². The third-order valence-corrected chi connectivity index (χ3v) is 5.11. The van der Waals surface area contributed by atoms with Crippen LogP contribution in [0, 0.1) is 11.8 Å². The van der Waals surface area contributed by atoms with E-state index < -0.39 is 0 Å². The number of rotatable bonds is 4. The molecule has 1 N–H and O–H groups in total. The Hall–Kier alpha value is -1.51. The molecule has 2 unspecified atom stereocenters. The van der Waals surface area contributed by atoms with Crippen LogP contribution in [0.25, 0.3) is 11.1 Å². The molecule has 1 aromatic heterocycles. The molecule has 21 heavy (non-hydrogen) atoms. The molecule has 0 spiro atoms. The average Bonchev–Trinajstić information content (AvgIpc) is 3.27. The third kappa shape index (κ3) is 2.78. The van der Waals surface area contributed by atoms with Crippen LogP contribution >= 0.6 is 0 Å². The molecule has 0 radical (unpaired) electrons. The van der Waals surface area contributed by atoms with Gasteiger partial charge in [-0.1, -0.05) is 19.8 Å². The van der Waals surface area contributed by atoms with E-state index in [2.05, 4.69) is 29.4 Å². The van der Waals surface area contributed by atoms with Gasteiger partial charge in [0.1, 0.15) is 5.52 Å². The Morgan fingerprint density at radius 3 is 2.90 bits per heavy atom. The van der Waals surface area contributed by atoms with Crippen LogP contribution in [0.4, 0.5) is 5.69 Å². The maximum atomic E-state index is 5.68. The molecular weight excluding hydrogens is 260 g/mol. The first kappa shape index (κ1) is 13.2. The van der Waals surface area contributed by atoms with Crippen molar-refractivity contribution in [3.63, 3.8) is 0 Å². The molecule has 0 bridgehead atoms. The van der Waals surface area contributed by atoms with Gasteiger partial charge in [-0.3, -0.25) is 0 Å². The molecule has 3 heteroatoms. The predicted molar refractivity (Wildman–Crippen MR) is 85.5 cm³/mol. The number of anilines is 1. The molecule has 2 atom stereocenters. The monoisotopic (exact) mass is 284 g/mol. The number of nitrogens with zero attached hydrogens (tertiary/aromatic N) is 1. The zero-order valence-electron chi connectivity index (χ0n) is 12.8. The van der Waals surface area contributed by atoms with Gasteiger partial charge < -0.3 is 9.73 Å². The Balaban J connectivity index is 1.48. The number of nitrogens with one attached hydrogen (secondary N) is 1. The second kappa shape index (κ2) is 5.36. The van der Waals surface area contributed by atoms with Gasteiger partial charge in [-0.05, 0) is 55.7 Å². The van der Waals surface area contributed by atoms with Gasteiger partial charge in [0.25, 0.3) is 0 Å². The van der Waals surface area contributed by atoms with Gasteiger partial charge in [0.2, 0.25) is 0 Å². The molecule has 2 aliphatic carbocycles. The van der Waals surface area contributed by atoms with Crippen molar-refractivity contribution in [1.29, 1.82) is 0 Å². The third-order valence-electron chi connectivity index (χ3n) is 5.11. The quantitative estimate of drug-likeness (QED) is 0.878. The molecule has 2 fully saturated rings. The van der Waals surface area contributed by atoms with E-state index >= 15 is 0 Å². The molecule has 3 nitrogen and oxygen atoms in total. The van der Waals surface area contributed by atoms with Gasteiger partial charge in [-0.25, -0.2) is 4.98 Å². The van der Waals surface area contributed by atoms with E-state index in [9.17, 15) is 0 Å². The highest BCUT2D eigenvalue weighted by atomic mass is 16.3. The number of aryl methyl sites for hydroxylation is 1. The van der Waals surface area contributed by atoms with Crippen LogP contribution in [0.1, 0.15) is 51.3 Å². The number of oxazole rings is 1. The summed E-state index contributed by atoms with van der Waals surface area (Å²) in [6, 6.07) is 6.96. The molecule has 0 amide bonds. The van der Waals surface area contributed by atoms with Crippen LogP contribution in [0.2, 0.25) is 0 Å². The van der Waals surface area contributed by atoms with Crippen molar-refractivity contribution < 1.29 is 4.42 Å². The van der Waals surface area contributed by atoms with Crippen molar-refractivity contribution >= 4 is 16.8 Å². The Bertz CT molecular complexity index is 629. The average molecular weight is 284 g/mol. The van der Waals surface area contributed by atoms with Gasteiger partial charge >= 0.3 is 0 Å². The second-order valence-electron chi connectivity index (χ2n) is 6.75. The summed E-state index contributed by atoms with van der Waals surface area (Å²) in [5.41, 5.74) is 3.07. The fourth-order valence-corrected chi connectivity index (χ4v) is 3.81. The van der Waals surface area contributed by atoms with E-state index in [0.29, 0.717) is 6.04 Å². The van der Waals surface area contributed by atoms with E-state index in [1.807, 2.05) is 6.07 Å². The summed E-state index contributed by atoms with van der Waals surface area (Å²) in [5, 5.41) is 3.73. The summed E-state index contributed by atoms with van der Waals surface area (Å²) in [7, 11) is 0. The molecule has 4 rings (SSSR count). The van der Waals surface area contributed by atoms with Crippen molar-refractivity contribution in [3.8, 4) is 0 Å². The summed E-state index contributed by atoms with van der Waals surface area (Å²) in [6.07, 6.45) is 9.28. The van der Waals surface area contributed by atoms with E-state index in [0.717, 1.165) is 35.2 Å². The minimum absolute atomic E-state index is 0.638. The Morgan fingerprint density at radius 1 is 1.19 bits per heavy atom. The first-order valence-electron chi connectivity index (χ1n) is 8.48. The number of hydrogen-bond acceptors (Lipinski definition) is 3. The Labute approximate surface area is 126 Å². The van der Waals surface area contributed by atoms with Gasteiger partial charge in [0.15, 0.2) is 11.5 Å². The lowest BCUT2D eigenvalue weighted by molar-refractivity contribution is 0.303. The maximum absolute atomic E-state index is 5.68. The number of fused-ring (bicyclic) bond motifs is 1. The lowest BCUT2D eigenvalue weighted by Crippen LogP contribution is -2.28. The van der Waals surface area contributed by atoms with Crippen LogP contribution in [-0.4, -0.2) is 11.0 Å². The number of hydrogen-bond donors (Lipinski definition) is 1. The molecule has 1 aromatic carbocycles. The number of benzene rings is 1. The van der Waals surface area contributed by atoms with Crippen LogP contribution in [0.3, 0.4) is 0 Å². The van der Waals surface area contributed by atoms with Crippen molar-refractivity contribution in [2.24, 2.45) is 11.8 Å². The fourth-order valence-electron chi connectivity index (χ4n) is 3.81. The predicted octanol–water partition coefficient (Wildman–Crippen LogP) is 4.77. The molecule has 1 heterocycles. The molecule has 112 valence electrons. The molecule has 2 aromatic rings. The van der Waals surface area contributed by atoms with Crippen molar-refractivity contribution in [3.05, 3.63) is 24.1 Å². The van der Waals surface area contributed by atoms with Gasteiger partial charge in [0.05, 0.1) is 0 Å². The summed E-state index contributed by atoms with van der Waals surface area (Å²) in [5.74, 6) is 2.84. The normalized spacial score (nSPS) is 26.1. The highest BCUT2D eigenvalue weighted by Gasteiger charge is 2.34. The summed E-state index contributed by atoms with van der Waals surface area (Å²) >= 11 is 0. The van der Waals surface area contributed by atoms with E-state index in [1.54, 1.807) is 0 Å². The molecule has 2 aliphatic rings. The first-order valence-corrected chi connectivity index (χ1v) is 8.48. The SMILES string of the molecule is CCc1nc2cc(NC3CCCC(C4CC4)C3)ccc2o1. The lowest BCUT2D eigenvalue weighted by Gasteiger charge is -2.30. The fraction of sp³-hybridized carbons (Fsp3) is 0.611. The summed E-state index contributed by atoms with van der Waals surface area (Å²) < 4.78 is 5.68. The molecular formula is C18H24N2O. The van der Waals surface area contributed by atoms with E-state index in [4.69, 9.17) is 4.42 Å². The minimum Gasteiger partial charge on any atom is -0.441 e. The van der Waals surface area contributed by atoms with Crippen molar-refractivity contribution in [2.45, 2.75) is 57.9 Å². The second-order valence-corrected chi connectivity index (χ2v) is 6.75. The smallest absolute Gasteiger partial charge is 0.195 e. The minimum atomic E-state index is 0.638. The Morgan fingerprint density at radius 2 is 2.10 bits per heavy atom. The first-order chi connectivity index (χ1) is 10.3. The van der Waals surface area contributed by atoms with Crippen LogP contribution in [0.5, 0.6) is 0 Å². The van der Waals surface area contributed by atoms with Gasteiger partial charge in [-0.15, -0.1) is 0 Å². The maximum Gasteiger partial charge on any atom is 0.195 e. The molecule has 0 saturated heterocycles. The Kier molecular flexibility index (Phi) is 3.36. The topological polar surface area (TPSA) is 38.1 Å². The highest BCUT2D eigenvalue weighted by Crippen LogP contribution is 2.44. The lowest BCUT2D eigenvalue weighted by atomic mass is 9.82. The van der Waals surface area contributed by atoms with E-state index in [1.165, 1.54) is 44.2 Å². The van der Waals surface area contributed by atoms with E-state index in [-0.39, 0.29) is 0 Å². The molecule has 0 aliphatic heterocycles. The van der Waals surface area contributed by atoms with Crippen molar-refractivity contribution in [1.82, 2.24) is 4.98 Å². The number of aromatic nitrogens is 1. The largest absolute Gasteiger partial charge is 0.441 e. The van der Waals surface area contributed by atoms with Crippen molar-refractivity contribution in [2.75, 3.05) is 5.32 Å². The zero-order valence-corrected chi connectivity index (χ0v) is 12.8. The van der Waals surface area contributed by atoms with Gasteiger partial charge in [0, 0.05) is 18.2 Å². The molecule has 2 saturated carbocycles. The summed E-state index contributed by atoms with van der Waals surface area (Å²) in [4.78, 5) is 4.53. The zero-order chi connectivity index (χ0) is 14.2. The van der Waals surface area contributed by atoms with Gasteiger partial charge in [-0.2, -0.15) is 0 Å². The highest BCUT2D eigenvalue weighted by molar-refractivity contribution is 5.77. The van der Waals surface area contributed by atoms with Crippen LogP contribution in [-0.2, 0) is 6.42 Å². The summed E-state index contributed by atoms with van der Waals surface area (Å²) in [6.45, 7) is 2.07. The van der Waals surface area contributed by atoms with Crippen LogP contribution in [0.15, 0.2) is 22.6 Å². The standard InChI is InChI=1S/C18H24N2O/c1-2-18-20-16-11-15(8-9-17(16)21-18)19-14-5-3-4-13(10-14)12-6-7-12/h8-9,11-14,19H,2-7,10H2,1H3.